The van der Waals surface area contributed by atoms with Gasteiger partial charge in [-0.2, -0.15) is 0 Å². The van der Waals surface area contributed by atoms with E-state index in [1.807, 2.05) is 32.3 Å². The van der Waals surface area contributed by atoms with E-state index < -0.39 is 0 Å². The molecule has 0 aromatic heterocycles. The lowest BCUT2D eigenvalue weighted by molar-refractivity contribution is 0.101. The first kappa shape index (κ1) is 11.6. The van der Waals surface area contributed by atoms with E-state index in [0.29, 0.717) is 0 Å². The van der Waals surface area contributed by atoms with Crippen molar-refractivity contribution >= 4 is 17.2 Å². The van der Waals surface area contributed by atoms with Gasteiger partial charge < -0.3 is 10.2 Å². The van der Waals surface area contributed by atoms with Gasteiger partial charge in [0, 0.05) is 26.2 Å². The quantitative estimate of drug-likeness (QED) is 0.768. The Kier molecular flexibility index (Phi) is 3.72. The number of nitrogens with one attached hydrogen (secondary N) is 1. The van der Waals surface area contributed by atoms with Crippen LogP contribution in [0, 0.1) is 0 Å². The van der Waals surface area contributed by atoms with E-state index in [9.17, 15) is 4.79 Å². The molecule has 3 nitrogen and oxygen atoms in total. The van der Waals surface area contributed by atoms with E-state index >= 15 is 0 Å². The summed E-state index contributed by atoms with van der Waals surface area (Å²) in [6, 6.07) is 5.74. The Balaban J connectivity index is 3.14. The molecule has 1 aromatic carbocycles. The molecule has 1 N–H and O–H groups in total. The van der Waals surface area contributed by atoms with Crippen molar-refractivity contribution in [2.45, 2.75) is 13.8 Å². The van der Waals surface area contributed by atoms with Gasteiger partial charge in [-0.3, -0.25) is 4.79 Å². The van der Waals surface area contributed by atoms with Gasteiger partial charge in [0.05, 0.1) is 11.4 Å². The van der Waals surface area contributed by atoms with E-state index in [1.165, 1.54) is 0 Å². The Bertz CT molecular complexity index is 361. The lowest BCUT2D eigenvalue weighted by atomic mass is 10.1. The average Bonchev–Trinajstić information content (AvgIpc) is 2.27. The van der Waals surface area contributed by atoms with Crippen molar-refractivity contribution in [1.82, 2.24) is 0 Å². The Hall–Kier alpha value is -1.51. The van der Waals surface area contributed by atoms with Crippen LogP contribution in [0.4, 0.5) is 11.4 Å². The topological polar surface area (TPSA) is 32.3 Å². The summed E-state index contributed by atoms with van der Waals surface area (Å²) < 4.78 is 0. The van der Waals surface area contributed by atoms with Crippen LogP contribution in [0.5, 0.6) is 0 Å². The van der Waals surface area contributed by atoms with Gasteiger partial charge in [0.25, 0.3) is 0 Å². The molecule has 0 aliphatic heterocycles. The van der Waals surface area contributed by atoms with Gasteiger partial charge in [-0.25, -0.2) is 0 Å². The van der Waals surface area contributed by atoms with E-state index in [4.69, 9.17) is 0 Å². The molecule has 0 saturated carbocycles. The fraction of sp³-hybridized carbons (Fsp3) is 0.417. The molecular formula is C12H18N2O. The van der Waals surface area contributed by atoms with Crippen LogP contribution in [0.1, 0.15) is 24.2 Å². The number of rotatable bonds is 4. The van der Waals surface area contributed by atoms with Crippen molar-refractivity contribution in [3.05, 3.63) is 23.8 Å². The lowest BCUT2D eigenvalue weighted by Crippen LogP contribution is -2.17. The first-order valence-corrected chi connectivity index (χ1v) is 5.14. The fourth-order valence-electron chi connectivity index (χ4n) is 1.46. The zero-order chi connectivity index (χ0) is 11.4. The van der Waals surface area contributed by atoms with Gasteiger partial charge in [-0.05, 0) is 32.0 Å². The second kappa shape index (κ2) is 4.82. The van der Waals surface area contributed by atoms with Crippen LogP contribution in [0.3, 0.4) is 0 Å². The maximum Gasteiger partial charge on any atom is 0.159 e. The molecule has 0 saturated heterocycles. The molecule has 0 aliphatic carbocycles. The molecule has 1 rings (SSSR count). The number of Topliss-reactive ketones (excluding diaryl/α,β-unsaturated/α-hetero) is 1. The average molecular weight is 206 g/mol. The van der Waals surface area contributed by atoms with Crippen LogP contribution in [-0.4, -0.2) is 26.4 Å². The van der Waals surface area contributed by atoms with Crippen molar-refractivity contribution in [2.75, 3.05) is 30.9 Å². The van der Waals surface area contributed by atoms with E-state index in [2.05, 4.69) is 17.1 Å². The van der Waals surface area contributed by atoms with Crippen molar-refractivity contribution in [2.24, 2.45) is 0 Å². The molecular weight excluding hydrogens is 188 g/mol. The van der Waals surface area contributed by atoms with Crippen molar-refractivity contribution in [3.63, 3.8) is 0 Å². The second-order valence-corrected chi connectivity index (χ2v) is 3.55. The Morgan fingerprint density at radius 2 is 2.13 bits per heavy atom. The molecule has 0 atom stereocenters. The predicted molar refractivity (Wildman–Crippen MR) is 64.9 cm³/mol. The molecule has 3 heteroatoms. The minimum Gasteiger partial charge on any atom is -0.386 e. The van der Waals surface area contributed by atoms with Crippen LogP contribution in [-0.2, 0) is 0 Å². The Labute approximate surface area is 91.1 Å². The maximum atomic E-state index is 11.2. The lowest BCUT2D eigenvalue weighted by Gasteiger charge is -2.20. The number of ketones is 1. The van der Waals surface area contributed by atoms with Gasteiger partial charge >= 0.3 is 0 Å². The highest BCUT2D eigenvalue weighted by molar-refractivity contribution is 5.96. The fourth-order valence-corrected chi connectivity index (χ4v) is 1.46. The van der Waals surface area contributed by atoms with Crippen LogP contribution >= 0.6 is 0 Å². The summed E-state index contributed by atoms with van der Waals surface area (Å²) in [6.07, 6.45) is 0. The summed E-state index contributed by atoms with van der Waals surface area (Å²) in [5.41, 5.74) is 2.85. The number of benzene rings is 1. The van der Waals surface area contributed by atoms with Crippen molar-refractivity contribution < 1.29 is 4.79 Å². The highest BCUT2D eigenvalue weighted by Crippen LogP contribution is 2.25. The van der Waals surface area contributed by atoms with Gasteiger partial charge in [0.1, 0.15) is 0 Å². The number of nitrogens with zero attached hydrogens (tertiary/aromatic N) is 1. The van der Waals surface area contributed by atoms with Crippen molar-refractivity contribution in [1.29, 1.82) is 0 Å². The zero-order valence-electron chi connectivity index (χ0n) is 9.79. The summed E-state index contributed by atoms with van der Waals surface area (Å²) >= 11 is 0. The van der Waals surface area contributed by atoms with Gasteiger partial charge in [0.15, 0.2) is 5.78 Å². The molecule has 1 aromatic rings. The van der Waals surface area contributed by atoms with Crippen molar-refractivity contribution in [3.8, 4) is 0 Å². The van der Waals surface area contributed by atoms with E-state index in [-0.39, 0.29) is 5.78 Å². The highest BCUT2D eigenvalue weighted by Gasteiger charge is 2.07. The third-order valence-corrected chi connectivity index (χ3v) is 2.56. The molecule has 82 valence electrons. The molecule has 0 spiro atoms. The van der Waals surface area contributed by atoms with Crippen LogP contribution in [0.2, 0.25) is 0 Å². The molecule has 15 heavy (non-hydrogen) atoms. The molecule has 0 unspecified atom stereocenters. The minimum absolute atomic E-state index is 0.0946. The van der Waals surface area contributed by atoms with Gasteiger partial charge in [-0.15, -0.1) is 0 Å². The third kappa shape index (κ3) is 2.49. The largest absolute Gasteiger partial charge is 0.386 e. The standard InChI is InChI=1S/C12H18N2O/c1-5-14(4)12-7-6-10(9(2)15)8-11(12)13-3/h6-8,13H,5H2,1-4H3. The SMILES string of the molecule is CCN(C)c1ccc(C(C)=O)cc1NC. The second-order valence-electron chi connectivity index (χ2n) is 3.55. The Morgan fingerprint density at radius 1 is 1.47 bits per heavy atom. The highest BCUT2D eigenvalue weighted by atomic mass is 16.1. The monoisotopic (exact) mass is 206 g/mol. The smallest absolute Gasteiger partial charge is 0.159 e. The van der Waals surface area contributed by atoms with Crippen LogP contribution in [0.25, 0.3) is 0 Å². The predicted octanol–water partition coefficient (Wildman–Crippen LogP) is 2.39. The normalized spacial score (nSPS) is 9.87. The molecule has 0 heterocycles. The zero-order valence-corrected chi connectivity index (χ0v) is 9.79. The number of carbonyl (C=O) groups is 1. The number of anilines is 2. The number of hydrogen-bond acceptors (Lipinski definition) is 3. The first-order valence-electron chi connectivity index (χ1n) is 5.14. The molecule has 0 aliphatic rings. The van der Waals surface area contributed by atoms with Crippen LogP contribution < -0.4 is 10.2 Å². The molecule has 0 fully saturated rings. The summed E-state index contributed by atoms with van der Waals surface area (Å²) in [5.74, 6) is 0.0946. The molecule has 0 amide bonds. The van der Waals surface area contributed by atoms with Crippen LogP contribution in [0.15, 0.2) is 18.2 Å². The Morgan fingerprint density at radius 3 is 2.60 bits per heavy atom. The summed E-state index contributed by atoms with van der Waals surface area (Å²) in [5, 5.41) is 3.11. The number of carbonyl (C=O) groups excluding carboxylic acids is 1. The van der Waals surface area contributed by atoms with E-state index in [1.54, 1.807) is 6.92 Å². The summed E-state index contributed by atoms with van der Waals surface area (Å²) in [6.45, 7) is 4.62. The number of hydrogen-bond donors (Lipinski definition) is 1. The molecule has 0 bridgehead atoms. The minimum atomic E-state index is 0.0946. The summed E-state index contributed by atoms with van der Waals surface area (Å²) in [4.78, 5) is 13.4. The third-order valence-electron chi connectivity index (χ3n) is 2.56. The van der Waals surface area contributed by atoms with Gasteiger partial charge in [0.2, 0.25) is 0 Å². The first-order chi connectivity index (χ1) is 7.10. The maximum absolute atomic E-state index is 11.2. The molecule has 0 radical (unpaired) electrons. The summed E-state index contributed by atoms with van der Waals surface area (Å²) in [7, 11) is 3.90. The van der Waals surface area contributed by atoms with E-state index in [0.717, 1.165) is 23.5 Å². The van der Waals surface area contributed by atoms with Gasteiger partial charge in [-0.1, -0.05) is 0 Å².